The number of guanidine groups is 1. The van der Waals surface area contributed by atoms with Crippen LogP contribution in [0.15, 0.2) is 35.5 Å². The maximum absolute atomic E-state index is 5.67. The monoisotopic (exact) mass is 430 g/mol. The molecule has 0 bridgehead atoms. The van der Waals surface area contributed by atoms with Crippen molar-refractivity contribution in [3.8, 4) is 5.75 Å². The van der Waals surface area contributed by atoms with Gasteiger partial charge in [0.15, 0.2) is 5.96 Å². The van der Waals surface area contributed by atoms with E-state index in [-0.39, 0.29) is 5.41 Å². The summed E-state index contributed by atoms with van der Waals surface area (Å²) in [6.45, 7) is 10.8. The highest BCUT2D eigenvalue weighted by atomic mass is 32.1. The van der Waals surface area contributed by atoms with E-state index in [9.17, 15) is 0 Å². The van der Waals surface area contributed by atoms with E-state index in [1.165, 1.54) is 10.4 Å². The quantitative estimate of drug-likeness (QED) is 0.469. The van der Waals surface area contributed by atoms with Crippen molar-refractivity contribution in [2.24, 2.45) is 4.99 Å². The summed E-state index contributed by atoms with van der Waals surface area (Å²) >= 11 is 1.75. The van der Waals surface area contributed by atoms with Gasteiger partial charge < -0.3 is 20.1 Å². The van der Waals surface area contributed by atoms with Gasteiger partial charge in [0.25, 0.3) is 0 Å². The number of aromatic nitrogens is 1. The van der Waals surface area contributed by atoms with Gasteiger partial charge in [0.05, 0.1) is 18.2 Å². The molecule has 164 valence electrons. The van der Waals surface area contributed by atoms with Crippen LogP contribution in [0.25, 0.3) is 0 Å². The van der Waals surface area contributed by atoms with Crippen LogP contribution in [0, 0.1) is 6.92 Å². The molecular weight excluding hydrogens is 396 g/mol. The predicted molar refractivity (Wildman–Crippen MR) is 124 cm³/mol. The molecule has 2 aromatic rings. The highest BCUT2D eigenvalue weighted by Gasteiger charge is 2.34. The molecule has 1 aliphatic heterocycles. The number of ether oxygens (including phenoxy) is 2. The Morgan fingerprint density at radius 2 is 1.97 bits per heavy atom. The molecular formula is C23H34N4O2S. The first-order chi connectivity index (χ1) is 14.6. The van der Waals surface area contributed by atoms with Crippen LogP contribution < -0.4 is 15.4 Å². The molecule has 30 heavy (non-hydrogen) atoms. The number of thiazole rings is 1. The lowest BCUT2D eigenvalue weighted by atomic mass is 9.74. The van der Waals surface area contributed by atoms with Crippen LogP contribution in [-0.4, -0.2) is 50.4 Å². The van der Waals surface area contributed by atoms with Crippen LogP contribution in [0.5, 0.6) is 5.75 Å². The third-order valence-corrected chi connectivity index (χ3v) is 6.38. The van der Waals surface area contributed by atoms with Gasteiger partial charge in [0.1, 0.15) is 5.75 Å². The van der Waals surface area contributed by atoms with E-state index in [4.69, 9.17) is 14.5 Å². The van der Waals surface area contributed by atoms with Crippen LogP contribution in [0.1, 0.15) is 42.1 Å². The molecule has 3 rings (SSSR count). The molecule has 1 aromatic carbocycles. The van der Waals surface area contributed by atoms with Gasteiger partial charge in [-0.3, -0.25) is 4.99 Å². The third kappa shape index (κ3) is 6.19. The molecule has 0 radical (unpaired) electrons. The number of rotatable bonds is 9. The van der Waals surface area contributed by atoms with Crippen LogP contribution in [-0.2, 0) is 16.6 Å². The zero-order valence-electron chi connectivity index (χ0n) is 18.4. The van der Waals surface area contributed by atoms with E-state index in [1.54, 1.807) is 11.3 Å². The molecule has 0 unspecified atom stereocenters. The molecule has 6 nitrogen and oxygen atoms in total. The number of aryl methyl sites for hydroxylation is 1. The summed E-state index contributed by atoms with van der Waals surface area (Å²) in [5.41, 5.74) is 1.31. The lowest BCUT2D eigenvalue weighted by Gasteiger charge is -2.36. The highest BCUT2D eigenvalue weighted by Crippen LogP contribution is 2.36. The van der Waals surface area contributed by atoms with E-state index < -0.39 is 0 Å². The summed E-state index contributed by atoms with van der Waals surface area (Å²) in [6, 6.07) is 8.52. The molecule has 0 saturated carbocycles. The summed E-state index contributed by atoms with van der Waals surface area (Å²) in [6.07, 6.45) is 4.79. The lowest BCUT2D eigenvalue weighted by Crippen LogP contribution is -2.41. The first kappa shape index (κ1) is 22.6. The Balaban J connectivity index is 1.68. The normalized spacial score (nSPS) is 16.3. The fraction of sp³-hybridized carbons (Fsp3) is 0.565. The molecule has 1 saturated heterocycles. The molecule has 7 heteroatoms. The topological polar surface area (TPSA) is 67.8 Å². The van der Waals surface area contributed by atoms with Crippen molar-refractivity contribution in [3.63, 3.8) is 0 Å². The van der Waals surface area contributed by atoms with Gasteiger partial charge in [0, 0.05) is 49.2 Å². The van der Waals surface area contributed by atoms with Gasteiger partial charge >= 0.3 is 0 Å². The minimum absolute atomic E-state index is 0.00222. The number of nitrogens with zero attached hydrogens (tertiary/aromatic N) is 2. The Kier molecular flexibility index (Phi) is 8.51. The van der Waals surface area contributed by atoms with Crippen LogP contribution in [0.3, 0.4) is 0 Å². The number of benzene rings is 1. The fourth-order valence-electron chi connectivity index (χ4n) is 3.75. The molecule has 2 heterocycles. The molecule has 0 atom stereocenters. The van der Waals surface area contributed by atoms with Gasteiger partial charge in [-0.15, -0.1) is 11.3 Å². The number of hydrogen-bond acceptors (Lipinski definition) is 5. The summed E-state index contributed by atoms with van der Waals surface area (Å²) < 4.78 is 11.3. The maximum Gasteiger partial charge on any atom is 0.191 e. The second kappa shape index (κ2) is 11.3. The van der Waals surface area contributed by atoms with E-state index in [0.29, 0.717) is 6.61 Å². The van der Waals surface area contributed by atoms with Crippen molar-refractivity contribution in [1.82, 2.24) is 15.6 Å². The Hall–Kier alpha value is -2.12. The molecule has 0 aliphatic carbocycles. The van der Waals surface area contributed by atoms with Gasteiger partial charge in [-0.2, -0.15) is 0 Å². The Morgan fingerprint density at radius 3 is 2.60 bits per heavy atom. The van der Waals surface area contributed by atoms with Gasteiger partial charge in [-0.25, -0.2) is 4.98 Å². The summed E-state index contributed by atoms with van der Waals surface area (Å²) in [4.78, 5) is 10.7. The number of aliphatic imine (C=N–C) groups is 1. The zero-order chi connectivity index (χ0) is 21.2. The fourth-order valence-corrected chi connectivity index (χ4v) is 4.54. The van der Waals surface area contributed by atoms with Gasteiger partial charge in [-0.1, -0.05) is 12.1 Å². The van der Waals surface area contributed by atoms with Crippen LogP contribution >= 0.6 is 11.3 Å². The SMILES string of the molecule is CCNC(=NCC1(c2ccc(OCC)cc2)CCOCC1)NCCc1ncc(C)s1. The highest BCUT2D eigenvalue weighted by molar-refractivity contribution is 7.11. The standard InChI is InChI=1S/C23H34N4O2S/c1-4-24-22(25-13-10-21-26-16-18(3)30-21)27-17-23(11-14-28-15-12-23)19-6-8-20(9-7-19)29-5-2/h6-9,16H,4-5,10-15,17H2,1-3H3,(H2,24,25,27). The van der Waals surface area contributed by atoms with Gasteiger partial charge in [0.2, 0.25) is 0 Å². The minimum atomic E-state index is -0.00222. The van der Waals surface area contributed by atoms with Crippen molar-refractivity contribution in [2.75, 3.05) is 39.5 Å². The second-order valence-corrected chi connectivity index (χ2v) is 8.91. The average Bonchev–Trinajstić information content (AvgIpc) is 3.18. The molecule has 1 fully saturated rings. The second-order valence-electron chi connectivity index (χ2n) is 7.59. The van der Waals surface area contributed by atoms with Crippen molar-refractivity contribution in [1.29, 1.82) is 0 Å². The van der Waals surface area contributed by atoms with Crippen LogP contribution in [0.4, 0.5) is 0 Å². The largest absolute Gasteiger partial charge is 0.494 e. The van der Waals surface area contributed by atoms with E-state index in [0.717, 1.165) is 68.8 Å². The smallest absolute Gasteiger partial charge is 0.191 e. The summed E-state index contributed by atoms with van der Waals surface area (Å²) in [5.74, 6) is 1.78. The van der Waals surface area contributed by atoms with E-state index >= 15 is 0 Å². The summed E-state index contributed by atoms with van der Waals surface area (Å²) in [5, 5.41) is 8.00. The Morgan fingerprint density at radius 1 is 1.20 bits per heavy atom. The molecule has 1 aliphatic rings. The molecule has 1 aromatic heterocycles. The maximum atomic E-state index is 5.67. The predicted octanol–water partition coefficient (Wildman–Crippen LogP) is 3.70. The third-order valence-electron chi connectivity index (χ3n) is 5.41. The number of nitrogens with one attached hydrogen (secondary N) is 2. The zero-order valence-corrected chi connectivity index (χ0v) is 19.2. The summed E-state index contributed by atoms with van der Waals surface area (Å²) in [7, 11) is 0. The van der Waals surface area contributed by atoms with E-state index in [2.05, 4.69) is 53.7 Å². The first-order valence-electron chi connectivity index (χ1n) is 10.9. The van der Waals surface area contributed by atoms with Crippen molar-refractivity contribution < 1.29 is 9.47 Å². The van der Waals surface area contributed by atoms with Crippen molar-refractivity contribution in [2.45, 2.75) is 45.4 Å². The molecule has 2 N–H and O–H groups in total. The molecule has 0 spiro atoms. The van der Waals surface area contributed by atoms with Gasteiger partial charge in [-0.05, 0) is 51.3 Å². The average molecular weight is 431 g/mol. The Labute approximate surface area is 184 Å². The van der Waals surface area contributed by atoms with Crippen LogP contribution in [0.2, 0.25) is 0 Å². The first-order valence-corrected chi connectivity index (χ1v) is 11.7. The van der Waals surface area contributed by atoms with E-state index in [1.807, 2.05) is 13.1 Å². The van der Waals surface area contributed by atoms with Crippen molar-refractivity contribution >= 4 is 17.3 Å². The lowest BCUT2D eigenvalue weighted by molar-refractivity contribution is 0.0531. The number of hydrogen-bond donors (Lipinski definition) is 2. The molecule has 0 amide bonds. The van der Waals surface area contributed by atoms with Crippen molar-refractivity contribution in [3.05, 3.63) is 45.9 Å². The Bertz CT molecular complexity index is 798. The minimum Gasteiger partial charge on any atom is -0.494 e.